The molecule has 0 aromatic carbocycles. The Morgan fingerprint density at radius 2 is 2.38 bits per heavy atom. The number of nitrogen functional groups attached to an aromatic ring is 1. The molecule has 0 spiro atoms. The largest absolute Gasteiger partial charge is 0.362 e. The molecule has 1 aliphatic rings. The fraction of sp³-hybridized carbons (Fsp3) is 0.333. The molecule has 70 valence electrons. The molecule has 1 aromatic heterocycles. The number of hydrogen-bond acceptors (Lipinski definition) is 6. The molecule has 2 heterocycles. The number of hydrazine groups is 1. The van der Waals surface area contributed by atoms with Gasteiger partial charge in [-0.3, -0.25) is 0 Å². The highest BCUT2D eigenvalue weighted by Gasteiger charge is 2.22. The van der Waals surface area contributed by atoms with Crippen LogP contribution in [0.5, 0.6) is 0 Å². The average Bonchev–Trinajstić information content (AvgIpc) is 2.47. The molecule has 0 amide bonds. The molecule has 0 bridgehead atoms. The zero-order chi connectivity index (χ0) is 9.42. The number of halogens is 1. The molecule has 6 nitrogen and oxygen atoms in total. The summed E-state index contributed by atoms with van der Waals surface area (Å²) in [6.07, 6.45) is -0.790. The van der Waals surface area contributed by atoms with Gasteiger partial charge in [-0.25, -0.2) is 5.84 Å². The van der Waals surface area contributed by atoms with Crippen LogP contribution < -0.4 is 21.5 Å². The Labute approximate surface area is 73.9 Å². The number of nitrogens with one attached hydrogen (secondary N) is 2. The summed E-state index contributed by atoms with van der Waals surface area (Å²) in [6.45, 7) is 0.572. The fourth-order valence-corrected chi connectivity index (χ4v) is 1.24. The summed E-state index contributed by atoms with van der Waals surface area (Å²) in [7, 11) is 1.80. The van der Waals surface area contributed by atoms with Crippen LogP contribution in [-0.2, 0) is 0 Å². The number of aromatic nitrogens is 2. The third-order valence-electron chi connectivity index (χ3n) is 1.85. The minimum Gasteiger partial charge on any atom is -0.362 e. The van der Waals surface area contributed by atoms with Gasteiger partial charge in [0.15, 0.2) is 11.6 Å². The van der Waals surface area contributed by atoms with Crippen molar-refractivity contribution in [3.05, 3.63) is 6.08 Å². The van der Waals surface area contributed by atoms with Crippen LogP contribution in [0.25, 0.3) is 0 Å². The van der Waals surface area contributed by atoms with Gasteiger partial charge in [-0.1, -0.05) is 0 Å². The first-order valence-corrected chi connectivity index (χ1v) is 3.71. The summed E-state index contributed by atoms with van der Waals surface area (Å²) in [4.78, 5) is 8.89. The molecule has 0 saturated carbocycles. The molecule has 7 heteroatoms. The van der Waals surface area contributed by atoms with E-state index in [0.29, 0.717) is 18.2 Å². The van der Waals surface area contributed by atoms with Crippen LogP contribution in [0.1, 0.15) is 0 Å². The third-order valence-corrected chi connectivity index (χ3v) is 1.85. The first-order valence-electron chi connectivity index (χ1n) is 3.71. The van der Waals surface area contributed by atoms with Crippen LogP contribution in [0.2, 0.25) is 0 Å². The van der Waals surface area contributed by atoms with Gasteiger partial charge in [0, 0.05) is 7.05 Å². The van der Waals surface area contributed by atoms with Crippen molar-refractivity contribution in [2.24, 2.45) is 5.84 Å². The van der Waals surface area contributed by atoms with E-state index in [9.17, 15) is 4.39 Å². The first-order chi connectivity index (χ1) is 6.22. The smallest absolute Gasteiger partial charge is 0.312 e. The second-order valence-electron chi connectivity index (χ2n) is 2.72. The van der Waals surface area contributed by atoms with E-state index in [2.05, 4.69) is 20.7 Å². The molecule has 13 heavy (non-hydrogen) atoms. The monoisotopic (exact) mass is 184 g/mol. The van der Waals surface area contributed by atoms with E-state index in [1.54, 1.807) is 11.9 Å². The number of rotatable bonds is 1. The van der Waals surface area contributed by atoms with E-state index in [0.717, 1.165) is 0 Å². The summed E-state index contributed by atoms with van der Waals surface area (Å²) in [6, 6.07) is 0. The van der Waals surface area contributed by atoms with Crippen molar-refractivity contribution in [1.82, 2.24) is 9.97 Å². The van der Waals surface area contributed by atoms with Gasteiger partial charge in [-0.15, -0.1) is 0 Å². The van der Waals surface area contributed by atoms with Crippen molar-refractivity contribution in [1.29, 1.82) is 0 Å². The normalized spacial score (nSPS) is 13.9. The van der Waals surface area contributed by atoms with Crippen LogP contribution in [0.4, 0.5) is 21.7 Å². The lowest BCUT2D eigenvalue weighted by Crippen LogP contribution is -2.16. The highest BCUT2D eigenvalue weighted by Crippen LogP contribution is 2.32. The van der Waals surface area contributed by atoms with Crippen molar-refractivity contribution in [3.63, 3.8) is 0 Å². The summed E-state index contributed by atoms with van der Waals surface area (Å²) < 4.78 is 12.8. The van der Waals surface area contributed by atoms with Crippen molar-refractivity contribution < 1.29 is 4.39 Å². The second kappa shape index (κ2) is 2.70. The number of fused-ring (bicyclic) bond motifs is 1. The molecule has 4 N–H and O–H groups in total. The molecule has 0 atom stereocenters. The van der Waals surface area contributed by atoms with Crippen LogP contribution in [-0.4, -0.2) is 23.7 Å². The van der Waals surface area contributed by atoms with Crippen LogP contribution in [0.15, 0.2) is 0 Å². The highest BCUT2D eigenvalue weighted by molar-refractivity contribution is 5.80. The molecule has 1 aromatic rings. The Kier molecular flexibility index (Phi) is 1.66. The lowest BCUT2D eigenvalue weighted by Gasteiger charge is -2.08. The van der Waals surface area contributed by atoms with Crippen LogP contribution in [0, 0.1) is 6.08 Å². The van der Waals surface area contributed by atoms with Gasteiger partial charge in [0.25, 0.3) is 0 Å². The Morgan fingerprint density at radius 1 is 1.62 bits per heavy atom. The van der Waals surface area contributed by atoms with Crippen molar-refractivity contribution in [2.75, 3.05) is 29.4 Å². The fourth-order valence-electron chi connectivity index (χ4n) is 1.24. The Morgan fingerprint density at radius 3 is 3.08 bits per heavy atom. The van der Waals surface area contributed by atoms with Crippen molar-refractivity contribution in [2.45, 2.75) is 0 Å². The third kappa shape index (κ3) is 1.13. The predicted molar refractivity (Wildman–Crippen MR) is 46.7 cm³/mol. The number of anilines is 3. The number of hydrogen-bond donors (Lipinski definition) is 3. The molecule has 0 fully saturated rings. The molecule has 1 aliphatic heterocycles. The maximum absolute atomic E-state index is 12.8. The summed E-state index contributed by atoms with van der Waals surface area (Å²) in [5.74, 6) is 5.96. The molecule has 0 saturated heterocycles. The van der Waals surface area contributed by atoms with Gasteiger partial charge in [0.1, 0.15) is 5.69 Å². The predicted octanol–water partition coefficient (Wildman–Crippen LogP) is -0.280. The minimum atomic E-state index is -0.790. The molecule has 0 unspecified atom stereocenters. The van der Waals surface area contributed by atoms with Gasteiger partial charge in [-0.2, -0.15) is 14.4 Å². The molecule has 0 aliphatic carbocycles. The van der Waals surface area contributed by atoms with Crippen molar-refractivity contribution >= 4 is 17.3 Å². The number of nitrogens with two attached hydrogens (primary N) is 1. The molecule has 0 radical (unpaired) electrons. The van der Waals surface area contributed by atoms with Gasteiger partial charge >= 0.3 is 6.08 Å². The average molecular weight is 184 g/mol. The Hall–Kier alpha value is -1.63. The zero-order valence-electron chi connectivity index (χ0n) is 7.00. The summed E-state index contributed by atoms with van der Waals surface area (Å²) >= 11 is 0. The van der Waals surface area contributed by atoms with E-state index < -0.39 is 6.08 Å². The van der Waals surface area contributed by atoms with E-state index >= 15 is 0 Å². The maximum atomic E-state index is 12.8. The van der Waals surface area contributed by atoms with E-state index in [-0.39, 0.29) is 5.82 Å². The molecular formula is C6H9FN6. The molecular weight excluding hydrogens is 175 g/mol. The van der Waals surface area contributed by atoms with E-state index in [1.165, 1.54) is 0 Å². The van der Waals surface area contributed by atoms with Crippen LogP contribution >= 0.6 is 0 Å². The second-order valence-corrected chi connectivity index (χ2v) is 2.72. The lowest BCUT2D eigenvalue weighted by atomic mass is 10.4. The molecule has 2 rings (SSSR count). The van der Waals surface area contributed by atoms with Crippen molar-refractivity contribution in [3.8, 4) is 0 Å². The van der Waals surface area contributed by atoms with Gasteiger partial charge < -0.3 is 15.6 Å². The van der Waals surface area contributed by atoms with Gasteiger partial charge in [0.2, 0.25) is 0 Å². The summed E-state index contributed by atoms with van der Waals surface area (Å²) in [5, 5.41) is 2.99. The lowest BCUT2D eigenvalue weighted by molar-refractivity contribution is 0.541. The SMILES string of the molecule is CN1CNc2c(NN)nc(F)nc21. The van der Waals surface area contributed by atoms with Gasteiger partial charge in [0.05, 0.1) is 6.67 Å². The van der Waals surface area contributed by atoms with E-state index in [1.807, 2.05) is 0 Å². The first kappa shape index (κ1) is 7.99. The van der Waals surface area contributed by atoms with E-state index in [4.69, 9.17) is 5.84 Å². The number of nitrogens with zero attached hydrogens (tertiary/aromatic N) is 3. The topological polar surface area (TPSA) is 79.1 Å². The standard InChI is InChI=1S/C6H9FN6/c1-13-2-9-3-4(12-8)10-6(7)11-5(3)13/h9H,2,8H2,1H3,(H,10,11,12). The minimum absolute atomic E-state index is 0.270. The van der Waals surface area contributed by atoms with Gasteiger partial charge in [-0.05, 0) is 0 Å². The summed E-state index contributed by atoms with van der Waals surface area (Å²) in [5.41, 5.74) is 2.94. The zero-order valence-corrected chi connectivity index (χ0v) is 7.00. The maximum Gasteiger partial charge on any atom is 0.312 e. The quantitative estimate of drug-likeness (QED) is 0.316. The van der Waals surface area contributed by atoms with Crippen LogP contribution in [0.3, 0.4) is 0 Å². The Bertz CT molecular complexity index is 340. The highest BCUT2D eigenvalue weighted by atomic mass is 19.1. The Balaban J connectivity index is 2.56.